The van der Waals surface area contributed by atoms with Crippen LogP contribution in [-0.2, 0) is 6.54 Å². The Kier molecular flexibility index (Phi) is 5.11. The van der Waals surface area contributed by atoms with E-state index in [1.165, 1.54) is 12.1 Å². The summed E-state index contributed by atoms with van der Waals surface area (Å²) >= 11 is 6.11. The highest BCUT2D eigenvalue weighted by molar-refractivity contribution is 6.30. The average molecular weight is 448 g/mol. The first-order chi connectivity index (χ1) is 15.5. The highest BCUT2D eigenvalue weighted by Gasteiger charge is 2.36. The number of fused-ring (bicyclic) bond motifs is 2. The van der Waals surface area contributed by atoms with Crippen molar-refractivity contribution in [2.24, 2.45) is 0 Å². The van der Waals surface area contributed by atoms with Crippen molar-refractivity contribution in [1.82, 2.24) is 15.2 Å². The van der Waals surface area contributed by atoms with Crippen LogP contribution < -0.4 is 10.1 Å². The van der Waals surface area contributed by atoms with Gasteiger partial charge in [0, 0.05) is 28.8 Å². The predicted molar refractivity (Wildman–Crippen MR) is 117 cm³/mol. The highest BCUT2D eigenvalue weighted by Crippen LogP contribution is 2.34. The van der Waals surface area contributed by atoms with E-state index in [0.717, 1.165) is 10.5 Å². The van der Waals surface area contributed by atoms with E-state index in [9.17, 15) is 14.4 Å². The monoisotopic (exact) mass is 447 g/mol. The lowest BCUT2D eigenvalue weighted by atomic mass is 9.99. The lowest BCUT2D eigenvalue weighted by Gasteiger charge is -2.27. The standard InChI is InChI=1S/C24H18ClN3O4/c25-15-5-7-21-19(12-15)20(8-10-32-21)27-22(29)14-4-6-17-18(11-14)24(31)28(23(17)30)13-16-3-1-2-9-26-16/h1-7,9,11-12,20H,8,10,13H2,(H,27,29). The smallest absolute Gasteiger partial charge is 0.261 e. The van der Waals surface area contributed by atoms with Gasteiger partial charge in [-0.05, 0) is 48.5 Å². The second-order valence-corrected chi connectivity index (χ2v) is 8.06. The number of ether oxygens (including phenoxy) is 1. The molecule has 0 radical (unpaired) electrons. The van der Waals surface area contributed by atoms with Crippen LogP contribution in [0.15, 0.2) is 60.8 Å². The summed E-state index contributed by atoms with van der Waals surface area (Å²) in [6.45, 7) is 0.549. The van der Waals surface area contributed by atoms with Crippen molar-refractivity contribution >= 4 is 29.3 Å². The molecular weight excluding hydrogens is 430 g/mol. The summed E-state index contributed by atoms with van der Waals surface area (Å²) in [7, 11) is 0. The van der Waals surface area contributed by atoms with Gasteiger partial charge in [-0.25, -0.2) is 0 Å². The zero-order valence-corrected chi connectivity index (χ0v) is 17.6. The fourth-order valence-corrected chi connectivity index (χ4v) is 4.17. The predicted octanol–water partition coefficient (Wildman–Crippen LogP) is 3.78. The van der Waals surface area contributed by atoms with Crippen LogP contribution in [0.25, 0.3) is 0 Å². The summed E-state index contributed by atoms with van der Waals surface area (Å²) < 4.78 is 5.64. The van der Waals surface area contributed by atoms with Crippen molar-refractivity contribution in [2.45, 2.75) is 19.0 Å². The van der Waals surface area contributed by atoms with E-state index in [2.05, 4.69) is 10.3 Å². The van der Waals surface area contributed by atoms with E-state index in [1.54, 1.807) is 48.7 Å². The van der Waals surface area contributed by atoms with E-state index in [1.807, 2.05) is 0 Å². The normalized spacial score (nSPS) is 16.9. The number of halogens is 1. The number of imide groups is 1. The van der Waals surface area contributed by atoms with E-state index in [-0.39, 0.29) is 29.6 Å². The van der Waals surface area contributed by atoms with E-state index >= 15 is 0 Å². The topological polar surface area (TPSA) is 88.6 Å². The largest absolute Gasteiger partial charge is 0.493 e. The van der Waals surface area contributed by atoms with Gasteiger partial charge >= 0.3 is 0 Å². The van der Waals surface area contributed by atoms with E-state index < -0.39 is 11.8 Å². The van der Waals surface area contributed by atoms with Crippen molar-refractivity contribution in [3.63, 3.8) is 0 Å². The quantitative estimate of drug-likeness (QED) is 0.615. The minimum Gasteiger partial charge on any atom is -0.493 e. The molecule has 2 aliphatic heterocycles. The molecule has 0 saturated carbocycles. The van der Waals surface area contributed by atoms with Crippen LogP contribution >= 0.6 is 11.6 Å². The number of hydrogen-bond donors (Lipinski definition) is 1. The SMILES string of the molecule is O=C(NC1CCOc2ccc(Cl)cc21)c1ccc2c(c1)C(=O)N(Cc1ccccn1)C2=O. The maximum atomic E-state index is 13.0. The van der Waals surface area contributed by atoms with Crippen LogP contribution in [0.5, 0.6) is 5.75 Å². The van der Waals surface area contributed by atoms with Gasteiger partial charge in [-0.2, -0.15) is 0 Å². The summed E-state index contributed by atoms with van der Waals surface area (Å²) in [5.74, 6) is -0.482. The highest BCUT2D eigenvalue weighted by atomic mass is 35.5. The van der Waals surface area contributed by atoms with E-state index in [0.29, 0.717) is 35.1 Å². The Balaban J connectivity index is 1.37. The van der Waals surface area contributed by atoms with Gasteiger partial charge in [0.05, 0.1) is 36.0 Å². The van der Waals surface area contributed by atoms with Gasteiger partial charge in [0.15, 0.2) is 0 Å². The Labute approximate surface area is 189 Å². The van der Waals surface area contributed by atoms with Gasteiger partial charge in [-0.15, -0.1) is 0 Å². The Bertz CT molecular complexity index is 1250. The molecule has 1 atom stereocenters. The number of carbonyl (C=O) groups is 3. The molecule has 2 aliphatic rings. The van der Waals surface area contributed by atoms with Crippen LogP contribution in [0.2, 0.25) is 5.02 Å². The third-order valence-corrected chi connectivity index (χ3v) is 5.83. The number of nitrogens with one attached hydrogen (secondary N) is 1. The number of amides is 3. The lowest BCUT2D eigenvalue weighted by Crippen LogP contribution is -2.32. The summed E-state index contributed by atoms with van der Waals surface area (Å²) in [5, 5.41) is 3.55. The minimum absolute atomic E-state index is 0.0777. The molecule has 5 rings (SSSR count). The number of benzene rings is 2. The van der Waals surface area contributed by atoms with Gasteiger partial charge in [0.25, 0.3) is 17.7 Å². The zero-order valence-electron chi connectivity index (χ0n) is 16.9. The van der Waals surface area contributed by atoms with Gasteiger partial charge in [-0.1, -0.05) is 17.7 Å². The molecular formula is C24H18ClN3O4. The second kappa shape index (κ2) is 8.09. The van der Waals surface area contributed by atoms with Gasteiger partial charge in [0.2, 0.25) is 0 Å². The Morgan fingerprint density at radius 3 is 2.75 bits per heavy atom. The first-order valence-corrected chi connectivity index (χ1v) is 10.5. The average Bonchev–Trinajstić information content (AvgIpc) is 3.04. The van der Waals surface area contributed by atoms with Crippen molar-refractivity contribution in [3.05, 3.63) is 93.8 Å². The van der Waals surface area contributed by atoms with Gasteiger partial charge < -0.3 is 10.1 Å². The molecule has 0 aliphatic carbocycles. The summed E-state index contributed by atoms with van der Waals surface area (Å²) in [6.07, 6.45) is 2.21. The third kappa shape index (κ3) is 3.61. The third-order valence-electron chi connectivity index (χ3n) is 5.60. The van der Waals surface area contributed by atoms with E-state index in [4.69, 9.17) is 16.3 Å². The molecule has 0 spiro atoms. The van der Waals surface area contributed by atoms with Gasteiger partial charge in [-0.3, -0.25) is 24.3 Å². The molecule has 1 aromatic heterocycles. The first kappa shape index (κ1) is 20.2. The van der Waals surface area contributed by atoms with Crippen LogP contribution in [0.4, 0.5) is 0 Å². The Morgan fingerprint density at radius 1 is 1.09 bits per heavy atom. The molecule has 3 heterocycles. The second-order valence-electron chi connectivity index (χ2n) is 7.62. The van der Waals surface area contributed by atoms with Crippen molar-refractivity contribution in [2.75, 3.05) is 6.61 Å². The summed E-state index contributed by atoms with van der Waals surface area (Å²) in [6, 6.07) is 14.9. The lowest BCUT2D eigenvalue weighted by molar-refractivity contribution is 0.0640. The summed E-state index contributed by atoms with van der Waals surface area (Å²) in [5.41, 5.74) is 2.22. The van der Waals surface area contributed by atoms with Crippen molar-refractivity contribution in [3.8, 4) is 5.75 Å². The molecule has 32 heavy (non-hydrogen) atoms. The number of aromatic nitrogens is 1. The molecule has 0 bridgehead atoms. The maximum Gasteiger partial charge on any atom is 0.261 e. The molecule has 7 nitrogen and oxygen atoms in total. The number of carbonyl (C=O) groups excluding carboxylic acids is 3. The van der Waals surface area contributed by atoms with Crippen LogP contribution in [0, 0.1) is 0 Å². The summed E-state index contributed by atoms with van der Waals surface area (Å²) in [4.78, 5) is 43.9. The molecule has 2 aromatic carbocycles. The molecule has 3 amide bonds. The Morgan fingerprint density at radius 2 is 1.94 bits per heavy atom. The number of hydrogen-bond acceptors (Lipinski definition) is 5. The minimum atomic E-state index is -0.437. The van der Waals surface area contributed by atoms with Crippen LogP contribution in [0.3, 0.4) is 0 Å². The molecule has 3 aromatic rings. The van der Waals surface area contributed by atoms with Crippen molar-refractivity contribution < 1.29 is 19.1 Å². The Hall–Kier alpha value is -3.71. The first-order valence-electron chi connectivity index (χ1n) is 10.1. The molecule has 1 N–H and O–H groups in total. The molecule has 160 valence electrons. The molecule has 0 saturated heterocycles. The van der Waals surface area contributed by atoms with Crippen LogP contribution in [0.1, 0.15) is 54.8 Å². The fraction of sp³-hybridized carbons (Fsp3) is 0.167. The van der Waals surface area contributed by atoms with Crippen molar-refractivity contribution in [1.29, 1.82) is 0 Å². The van der Waals surface area contributed by atoms with Crippen LogP contribution in [-0.4, -0.2) is 34.2 Å². The molecule has 8 heteroatoms. The molecule has 1 unspecified atom stereocenters. The number of pyridine rings is 1. The maximum absolute atomic E-state index is 13.0. The zero-order chi connectivity index (χ0) is 22.2. The fourth-order valence-electron chi connectivity index (χ4n) is 3.99. The molecule has 0 fully saturated rings. The number of rotatable bonds is 4. The van der Waals surface area contributed by atoms with Gasteiger partial charge in [0.1, 0.15) is 5.75 Å². The number of nitrogens with zero attached hydrogens (tertiary/aromatic N) is 2.